The zero-order valence-corrected chi connectivity index (χ0v) is 13.8. The molecular formula is C17H26ClFN2. The first-order valence-corrected chi connectivity index (χ1v) is 8.36. The van der Waals surface area contributed by atoms with Crippen molar-refractivity contribution in [3.8, 4) is 0 Å². The van der Waals surface area contributed by atoms with Crippen LogP contribution in [-0.4, -0.2) is 29.6 Å². The van der Waals surface area contributed by atoms with Gasteiger partial charge in [0.1, 0.15) is 5.82 Å². The van der Waals surface area contributed by atoms with Crippen LogP contribution in [0, 0.1) is 5.82 Å². The van der Waals surface area contributed by atoms with Crippen LogP contribution in [0.4, 0.5) is 4.39 Å². The van der Waals surface area contributed by atoms with Crippen molar-refractivity contribution in [1.82, 2.24) is 4.90 Å². The van der Waals surface area contributed by atoms with Gasteiger partial charge in [0.05, 0.1) is 5.02 Å². The predicted molar refractivity (Wildman–Crippen MR) is 87.2 cm³/mol. The highest BCUT2D eigenvalue weighted by molar-refractivity contribution is 6.30. The molecule has 1 fully saturated rings. The summed E-state index contributed by atoms with van der Waals surface area (Å²) in [6.07, 6.45) is 5.18. The number of hydrogen-bond acceptors (Lipinski definition) is 2. The Balaban J connectivity index is 2.23. The molecule has 1 aliphatic carbocycles. The molecule has 0 aromatic heterocycles. The Morgan fingerprint density at radius 3 is 2.48 bits per heavy atom. The van der Waals surface area contributed by atoms with Crippen LogP contribution in [0.15, 0.2) is 18.2 Å². The summed E-state index contributed by atoms with van der Waals surface area (Å²) >= 11 is 5.88. The van der Waals surface area contributed by atoms with Crippen LogP contribution in [0.25, 0.3) is 0 Å². The van der Waals surface area contributed by atoms with Gasteiger partial charge >= 0.3 is 0 Å². The number of halogens is 2. The number of likely N-dealkylation sites (N-methyl/N-ethyl adjacent to an activating group) is 1. The van der Waals surface area contributed by atoms with Gasteiger partial charge in [0.25, 0.3) is 0 Å². The molecular weight excluding hydrogens is 287 g/mol. The molecule has 2 N–H and O–H groups in total. The fourth-order valence-corrected chi connectivity index (χ4v) is 4.09. The van der Waals surface area contributed by atoms with Crippen LogP contribution in [-0.2, 0) is 6.42 Å². The number of hydrogen-bond donors (Lipinski definition) is 1. The summed E-state index contributed by atoms with van der Waals surface area (Å²) in [4.78, 5) is 2.47. The number of nitrogens with two attached hydrogens (primary N) is 1. The van der Waals surface area contributed by atoms with Gasteiger partial charge in [0.2, 0.25) is 0 Å². The SMILES string of the molecule is CCN(CC)C1(C(N)Cc2cccc(Cl)c2F)CCCC1. The van der Waals surface area contributed by atoms with E-state index in [1.54, 1.807) is 18.2 Å². The van der Waals surface area contributed by atoms with E-state index in [0.29, 0.717) is 12.0 Å². The zero-order chi connectivity index (χ0) is 15.5. The zero-order valence-electron chi connectivity index (χ0n) is 13.0. The third-order valence-electron chi connectivity index (χ3n) is 5.02. The maximum absolute atomic E-state index is 14.1. The lowest BCUT2D eigenvalue weighted by Gasteiger charge is -2.45. The van der Waals surface area contributed by atoms with E-state index in [-0.39, 0.29) is 22.4 Å². The highest BCUT2D eigenvalue weighted by Crippen LogP contribution is 2.38. The first-order chi connectivity index (χ1) is 10.0. The van der Waals surface area contributed by atoms with Gasteiger partial charge in [-0.05, 0) is 44.0 Å². The summed E-state index contributed by atoms with van der Waals surface area (Å²) in [6, 6.07) is 5.12. The third-order valence-corrected chi connectivity index (χ3v) is 5.32. The van der Waals surface area contributed by atoms with Crippen molar-refractivity contribution in [3.63, 3.8) is 0 Å². The van der Waals surface area contributed by atoms with Gasteiger partial charge < -0.3 is 5.73 Å². The van der Waals surface area contributed by atoms with Crippen molar-refractivity contribution in [1.29, 1.82) is 0 Å². The summed E-state index contributed by atoms with van der Waals surface area (Å²) in [6.45, 7) is 6.33. The summed E-state index contributed by atoms with van der Waals surface area (Å²) in [7, 11) is 0. The molecule has 118 valence electrons. The van der Waals surface area contributed by atoms with Crippen LogP contribution in [0.3, 0.4) is 0 Å². The van der Waals surface area contributed by atoms with E-state index in [4.69, 9.17) is 17.3 Å². The molecule has 1 atom stereocenters. The largest absolute Gasteiger partial charge is 0.326 e. The molecule has 2 nitrogen and oxygen atoms in total. The third kappa shape index (κ3) is 3.25. The topological polar surface area (TPSA) is 29.3 Å². The summed E-state index contributed by atoms with van der Waals surface area (Å²) in [5.74, 6) is -0.317. The first-order valence-electron chi connectivity index (χ1n) is 7.98. The molecule has 0 heterocycles. The molecule has 0 amide bonds. The van der Waals surface area contributed by atoms with Gasteiger partial charge in [-0.2, -0.15) is 0 Å². The van der Waals surface area contributed by atoms with Crippen LogP contribution >= 0.6 is 11.6 Å². The van der Waals surface area contributed by atoms with Gasteiger partial charge in [-0.25, -0.2) is 4.39 Å². The molecule has 0 radical (unpaired) electrons. The Morgan fingerprint density at radius 2 is 1.90 bits per heavy atom. The van der Waals surface area contributed by atoms with E-state index < -0.39 is 0 Å². The standard InChI is InChI=1S/C17H26ClFN2/c1-3-21(4-2)17(10-5-6-11-17)15(20)12-13-8-7-9-14(18)16(13)19/h7-9,15H,3-6,10-12,20H2,1-2H3. The first kappa shape index (κ1) is 16.7. The van der Waals surface area contributed by atoms with E-state index >= 15 is 0 Å². The highest BCUT2D eigenvalue weighted by atomic mass is 35.5. The Labute approximate surface area is 132 Å². The Morgan fingerprint density at radius 1 is 1.29 bits per heavy atom. The van der Waals surface area contributed by atoms with Gasteiger partial charge in [-0.15, -0.1) is 0 Å². The molecule has 1 aromatic rings. The normalized spacial score (nSPS) is 19.1. The highest BCUT2D eigenvalue weighted by Gasteiger charge is 2.43. The maximum Gasteiger partial charge on any atom is 0.145 e. The maximum atomic E-state index is 14.1. The fraction of sp³-hybridized carbons (Fsp3) is 0.647. The molecule has 0 saturated heterocycles. The van der Waals surface area contributed by atoms with Crippen molar-refractivity contribution in [3.05, 3.63) is 34.6 Å². The van der Waals surface area contributed by atoms with Crippen LogP contribution in [0.2, 0.25) is 5.02 Å². The number of nitrogens with zero attached hydrogens (tertiary/aromatic N) is 1. The van der Waals surface area contributed by atoms with Crippen LogP contribution in [0.5, 0.6) is 0 Å². The molecule has 1 aliphatic rings. The fourth-order valence-electron chi connectivity index (χ4n) is 3.90. The van der Waals surface area contributed by atoms with Crippen molar-refractivity contribution >= 4 is 11.6 Å². The minimum absolute atomic E-state index is 0.0122. The number of benzene rings is 1. The average molecular weight is 313 g/mol. The van der Waals surface area contributed by atoms with Crippen molar-refractivity contribution in [2.24, 2.45) is 5.73 Å². The molecule has 1 aromatic carbocycles. The Kier molecular flexibility index (Phi) is 5.64. The molecule has 2 rings (SSSR count). The monoisotopic (exact) mass is 312 g/mol. The van der Waals surface area contributed by atoms with Gasteiger partial charge in [0, 0.05) is 11.6 Å². The van der Waals surface area contributed by atoms with Gasteiger partial charge in [-0.1, -0.05) is 50.4 Å². The van der Waals surface area contributed by atoms with Crippen molar-refractivity contribution < 1.29 is 4.39 Å². The summed E-state index contributed by atoms with van der Waals surface area (Å²) in [5, 5.41) is 0.183. The molecule has 1 saturated carbocycles. The van der Waals surface area contributed by atoms with Crippen molar-refractivity contribution in [2.75, 3.05) is 13.1 Å². The van der Waals surface area contributed by atoms with Crippen LogP contribution < -0.4 is 5.73 Å². The lowest BCUT2D eigenvalue weighted by molar-refractivity contribution is 0.0769. The lowest BCUT2D eigenvalue weighted by atomic mass is 9.83. The summed E-state index contributed by atoms with van der Waals surface area (Å²) in [5.41, 5.74) is 7.21. The molecule has 21 heavy (non-hydrogen) atoms. The summed E-state index contributed by atoms with van der Waals surface area (Å²) < 4.78 is 14.1. The Bertz CT molecular complexity index is 468. The van der Waals surface area contributed by atoms with E-state index in [9.17, 15) is 4.39 Å². The number of rotatable bonds is 6. The van der Waals surface area contributed by atoms with E-state index in [0.717, 1.165) is 25.9 Å². The predicted octanol–water partition coefficient (Wildman–Crippen LogP) is 4.00. The molecule has 0 aliphatic heterocycles. The minimum Gasteiger partial charge on any atom is -0.326 e. The average Bonchev–Trinajstić information content (AvgIpc) is 2.96. The van der Waals surface area contributed by atoms with E-state index in [1.807, 2.05) is 0 Å². The second kappa shape index (κ2) is 7.08. The molecule has 0 bridgehead atoms. The van der Waals surface area contributed by atoms with Crippen molar-refractivity contribution in [2.45, 2.75) is 57.5 Å². The molecule has 0 spiro atoms. The molecule has 1 unspecified atom stereocenters. The Hall–Kier alpha value is -0.640. The minimum atomic E-state index is -0.317. The lowest BCUT2D eigenvalue weighted by Crippen LogP contribution is -2.59. The van der Waals surface area contributed by atoms with E-state index in [1.165, 1.54) is 12.8 Å². The quantitative estimate of drug-likeness (QED) is 0.860. The molecule has 4 heteroatoms. The van der Waals surface area contributed by atoms with E-state index in [2.05, 4.69) is 18.7 Å². The van der Waals surface area contributed by atoms with Crippen LogP contribution in [0.1, 0.15) is 45.1 Å². The van der Waals surface area contributed by atoms with Gasteiger partial charge in [-0.3, -0.25) is 4.90 Å². The smallest absolute Gasteiger partial charge is 0.145 e. The second-order valence-electron chi connectivity index (χ2n) is 6.01. The second-order valence-corrected chi connectivity index (χ2v) is 6.41. The van der Waals surface area contributed by atoms with Gasteiger partial charge in [0.15, 0.2) is 0 Å².